The Labute approximate surface area is 125 Å². The number of halogens is 1. The third-order valence-corrected chi connectivity index (χ3v) is 3.62. The number of pyridine rings is 1. The number of nitrogen functional groups attached to an aromatic ring is 1. The first-order chi connectivity index (χ1) is 9.60. The van der Waals surface area contributed by atoms with E-state index in [0.29, 0.717) is 12.2 Å². The van der Waals surface area contributed by atoms with Crippen LogP contribution in [0.15, 0.2) is 41.0 Å². The Bertz CT molecular complexity index is 614. The van der Waals surface area contributed by atoms with Crippen LogP contribution in [-0.2, 0) is 6.61 Å². The van der Waals surface area contributed by atoms with Gasteiger partial charge in [0.25, 0.3) is 5.91 Å². The molecular weight excluding hydrogens is 322 g/mol. The molecule has 0 spiro atoms. The van der Waals surface area contributed by atoms with Gasteiger partial charge in [-0.1, -0.05) is 15.9 Å². The lowest BCUT2D eigenvalue weighted by Crippen LogP contribution is -2.30. The van der Waals surface area contributed by atoms with Gasteiger partial charge in [-0.3, -0.25) is 15.2 Å². The van der Waals surface area contributed by atoms with Crippen LogP contribution in [0.3, 0.4) is 0 Å². The molecule has 1 aromatic carbocycles. The van der Waals surface area contributed by atoms with Crippen molar-refractivity contribution in [1.29, 1.82) is 0 Å². The van der Waals surface area contributed by atoms with Crippen LogP contribution < -0.4 is 16.0 Å². The smallest absolute Gasteiger partial charge is 0.266 e. The van der Waals surface area contributed by atoms with E-state index in [9.17, 15) is 4.79 Å². The van der Waals surface area contributed by atoms with Crippen LogP contribution in [0, 0.1) is 6.92 Å². The molecule has 0 unspecified atom stereocenters. The third-order valence-electron chi connectivity index (χ3n) is 2.73. The number of hydrogen-bond acceptors (Lipinski definition) is 4. The summed E-state index contributed by atoms with van der Waals surface area (Å²) in [4.78, 5) is 15.4. The van der Waals surface area contributed by atoms with Crippen LogP contribution in [-0.4, -0.2) is 10.9 Å². The lowest BCUT2D eigenvalue weighted by Gasteiger charge is -2.08. The van der Waals surface area contributed by atoms with Gasteiger partial charge >= 0.3 is 0 Å². The minimum absolute atomic E-state index is 0.339. The van der Waals surface area contributed by atoms with Crippen molar-refractivity contribution in [2.45, 2.75) is 13.5 Å². The van der Waals surface area contributed by atoms with Gasteiger partial charge in [0.1, 0.15) is 12.4 Å². The fraction of sp³-hybridized carbons (Fsp3) is 0.143. The molecule has 2 rings (SSSR count). The van der Waals surface area contributed by atoms with E-state index in [0.717, 1.165) is 21.5 Å². The number of nitrogens with two attached hydrogens (primary N) is 1. The zero-order chi connectivity index (χ0) is 14.5. The molecule has 1 aromatic heterocycles. The molecule has 3 N–H and O–H groups in total. The first kappa shape index (κ1) is 14.5. The number of benzene rings is 1. The van der Waals surface area contributed by atoms with Crippen LogP contribution in [0.5, 0.6) is 5.75 Å². The van der Waals surface area contributed by atoms with E-state index in [1.54, 1.807) is 12.1 Å². The average Bonchev–Trinajstić information content (AvgIpc) is 2.48. The second-order valence-electron chi connectivity index (χ2n) is 4.21. The quantitative estimate of drug-likeness (QED) is 0.510. The molecule has 104 valence electrons. The Morgan fingerprint density at radius 2 is 2.20 bits per heavy atom. The van der Waals surface area contributed by atoms with Crippen molar-refractivity contribution in [2.75, 3.05) is 0 Å². The van der Waals surface area contributed by atoms with Gasteiger partial charge in [-0.25, -0.2) is 5.84 Å². The SMILES string of the molecule is Cc1cc(OCc2ccc(C(=O)NN)cn2)ccc1Br. The molecule has 0 fully saturated rings. The Kier molecular flexibility index (Phi) is 4.70. The maximum Gasteiger partial charge on any atom is 0.266 e. The average molecular weight is 336 g/mol. The Morgan fingerprint density at radius 3 is 2.80 bits per heavy atom. The fourth-order valence-electron chi connectivity index (χ4n) is 1.59. The fourth-order valence-corrected chi connectivity index (χ4v) is 1.84. The molecule has 0 atom stereocenters. The zero-order valence-corrected chi connectivity index (χ0v) is 12.5. The number of hydrogen-bond donors (Lipinski definition) is 2. The second kappa shape index (κ2) is 6.49. The van der Waals surface area contributed by atoms with E-state index >= 15 is 0 Å². The summed E-state index contributed by atoms with van der Waals surface area (Å²) < 4.78 is 6.69. The molecule has 2 aromatic rings. The molecular formula is C14H14BrN3O2. The van der Waals surface area contributed by atoms with Gasteiger partial charge in [-0.2, -0.15) is 0 Å². The van der Waals surface area contributed by atoms with Gasteiger partial charge in [0.05, 0.1) is 11.3 Å². The molecule has 1 heterocycles. The number of carbonyl (C=O) groups is 1. The molecule has 0 aliphatic heterocycles. The summed E-state index contributed by atoms with van der Waals surface area (Å²) >= 11 is 3.44. The summed E-state index contributed by atoms with van der Waals surface area (Å²) in [5.41, 5.74) is 4.31. The number of amides is 1. The Balaban J connectivity index is 2.00. The number of nitrogens with one attached hydrogen (secondary N) is 1. The van der Waals surface area contributed by atoms with Crippen molar-refractivity contribution in [3.63, 3.8) is 0 Å². The van der Waals surface area contributed by atoms with Gasteiger partial charge in [0.15, 0.2) is 0 Å². The Hall–Kier alpha value is -1.92. The van der Waals surface area contributed by atoms with E-state index in [-0.39, 0.29) is 5.91 Å². The van der Waals surface area contributed by atoms with Gasteiger partial charge in [-0.15, -0.1) is 0 Å². The van der Waals surface area contributed by atoms with E-state index in [1.165, 1.54) is 6.20 Å². The summed E-state index contributed by atoms with van der Waals surface area (Å²) in [6.07, 6.45) is 1.47. The maximum absolute atomic E-state index is 11.3. The van der Waals surface area contributed by atoms with E-state index < -0.39 is 0 Å². The molecule has 0 saturated heterocycles. The summed E-state index contributed by atoms with van der Waals surface area (Å²) in [7, 11) is 0. The van der Waals surface area contributed by atoms with Crippen molar-refractivity contribution < 1.29 is 9.53 Å². The van der Waals surface area contributed by atoms with Crippen LogP contribution in [0.2, 0.25) is 0 Å². The maximum atomic E-state index is 11.3. The number of aryl methyl sites for hydroxylation is 1. The summed E-state index contributed by atoms with van der Waals surface area (Å²) in [6, 6.07) is 9.15. The van der Waals surface area contributed by atoms with Gasteiger partial charge in [0, 0.05) is 10.7 Å². The molecule has 5 nitrogen and oxygen atoms in total. The van der Waals surface area contributed by atoms with Gasteiger partial charge in [-0.05, 0) is 42.8 Å². The van der Waals surface area contributed by atoms with Crippen LogP contribution >= 0.6 is 15.9 Å². The first-order valence-corrected chi connectivity index (χ1v) is 6.74. The highest BCUT2D eigenvalue weighted by Crippen LogP contribution is 2.22. The predicted molar refractivity (Wildman–Crippen MR) is 79.1 cm³/mol. The molecule has 0 aliphatic carbocycles. The van der Waals surface area contributed by atoms with Gasteiger partial charge < -0.3 is 4.74 Å². The number of nitrogens with zero attached hydrogens (tertiary/aromatic N) is 1. The molecule has 0 radical (unpaired) electrons. The van der Waals surface area contributed by atoms with Crippen LogP contribution in [0.4, 0.5) is 0 Å². The van der Waals surface area contributed by atoms with E-state index in [4.69, 9.17) is 10.6 Å². The first-order valence-electron chi connectivity index (χ1n) is 5.95. The lowest BCUT2D eigenvalue weighted by molar-refractivity contribution is 0.0953. The van der Waals surface area contributed by atoms with E-state index in [2.05, 4.69) is 26.3 Å². The Morgan fingerprint density at radius 1 is 1.40 bits per heavy atom. The van der Waals surface area contributed by atoms with Crippen molar-refractivity contribution >= 4 is 21.8 Å². The van der Waals surface area contributed by atoms with Gasteiger partial charge in [0.2, 0.25) is 0 Å². The van der Waals surface area contributed by atoms with Crippen molar-refractivity contribution in [2.24, 2.45) is 5.84 Å². The van der Waals surface area contributed by atoms with Crippen LogP contribution in [0.1, 0.15) is 21.6 Å². The predicted octanol–water partition coefficient (Wildman–Crippen LogP) is 2.34. The lowest BCUT2D eigenvalue weighted by atomic mass is 10.2. The highest BCUT2D eigenvalue weighted by molar-refractivity contribution is 9.10. The monoisotopic (exact) mass is 335 g/mol. The standard InChI is InChI=1S/C14H14BrN3O2/c1-9-6-12(4-5-13(9)15)20-8-11-3-2-10(7-17-11)14(19)18-16/h2-7H,8,16H2,1H3,(H,18,19). The molecule has 1 amide bonds. The zero-order valence-electron chi connectivity index (χ0n) is 10.9. The molecule has 0 aliphatic rings. The highest BCUT2D eigenvalue weighted by atomic mass is 79.9. The summed E-state index contributed by atoms with van der Waals surface area (Å²) in [5.74, 6) is 5.45. The molecule has 0 bridgehead atoms. The number of hydrazine groups is 1. The second-order valence-corrected chi connectivity index (χ2v) is 5.07. The molecule has 20 heavy (non-hydrogen) atoms. The van der Waals surface area contributed by atoms with Crippen LogP contribution in [0.25, 0.3) is 0 Å². The van der Waals surface area contributed by atoms with Crippen molar-refractivity contribution in [1.82, 2.24) is 10.4 Å². The normalized spacial score (nSPS) is 10.2. The largest absolute Gasteiger partial charge is 0.487 e. The summed E-state index contributed by atoms with van der Waals surface area (Å²) in [5, 5.41) is 0. The summed E-state index contributed by atoms with van der Waals surface area (Å²) in [6.45, 7) is 2.33. The minimum atomic E-state index is -0.367. The van der Waals surface area contributed by atoms with Crippen molar-refractivity contribution in [3.05, 3.63) is 57.8 Å². The minimum Gasteiger partial charge on any atom is -0.487 e. The topological polar surface area (TPSA) is 77.2 Å². The molecule has 0 saturated carbocycles. The van der Waals surface area contributed by atoms with E-state index in [1.807, 2.05) is 25.1 Å². The number of rotatable bonds is 4. The molecule has 6 heteroatoms. The number of ether oxygens (including phenoxy) is 1. The highest BCUT2D eigenvalue weighted by Gasteiger charge is 2.04. The van der Waals surface area contributed by atoms with Crippen molar-refractivity contribution in [3.8, 4) is 5.75 Å². The number of aromatic nitrogens is 1. The third kappa shape index (κ3) is 3.55. The number of carbonyl (C=O) groups excluding carboxylic acids is 1.